The normalized spacial score (nSPS) is 10.7. The molecule has 1 heterocycles. The monoisotopic (exact) mass is 457 g/mol. The molecule has 2 amide bonds. The summed E-state index contributed by atoms with van der Waals surface area (Å²) in [7, 11) is 0. The minimum absolute atomic E-state index is 0.0100. The second-order valence-electron chi connectivity index (χ2n) is 6.52. The maximum atomic E-state index is 13.7. The molecule has 3 aromatic carbocycles. The number of hydrogen-bond donors (Lipinski definition) is 2. The number of hydrogen-bond acceptors (Lipinski definition) is 5. The number of benzene rings is 3. The van der Waals surface area contributed by atoms with Crippen LogP contribution in [0.4, 0.5) is 24.0 Å². The van der Waals surface area contributed by atoms with Gasteiger partial charge in [-0.05, 0) is 30.3 Å². The van der Waals surface area contributed by atoms with Crippen LogP contribution in [-0.2, 0) is 4.79 Å². The van der Waals surface area contributed by atoms with E-state index in [0.29, 0.717) is 4.70 Å². The van der Waals surface area contributed by atoms with Crippen molar-refractivity contribution in [2.45, 2.75) is 0 Å². The second kappa shape index (κ2) is 9.06. The first-order valence-corrected chi connectivity index (χ1v) is 10.1. The van der Waals surface area contributed by atoms with Crippen molar-refractivity contribution < 1.29 is 27.5 Å². The van der Waals surface area contributed by atoms with Gasteiger partial charge in [-0.3, -0.25) is 14.9 Å². The molecule has 0 saturated carbocycles. The Kier molecular flexibility index (Phi) is 6.04. The fourth-order valence-electron chi connectivity index (χ4n) is 2.81. The number of halogens is 3. The van der Waals surface area contributed by atoms with E-state index < -0.39 is 35.9 Å². The first-order valence-electron chi connectivity index (χ1n) is 9.24. The average Bonchev–Trinajstić information content (AvgIpc) is 3.15. The quantitative estimate of drug-likeness (QED) is 0.428. The molecule has 0 bridgehead atoms. The van der Waals surface area contributed by atoms with E-state index in [1.807, 2.05) is 0 Å². The van der Waals surface area contributed by atoms with Crippen LogP contribution in [-0.4, -0.2) is 23.4 Å². The molecule has 10 heteroatoms. The molecule has 4 aromatic rings. The molecular formula is C22H14F3N3O3S. The molecule has 0 fully saturated rings. The first-order chi connectivity index (χ1) is 15.4. The van der Waals surface area contributed by atoms with E-state index in [2.05, 4.69) is 15.6 Å². The van der Waals surface area contributed by atoms with Gasteiger partial charge >= 0.3 is 0 Å². The van der Waals surface area contributed by atoms with Crippen LogP contribution in [0, 0.1) is 17.5 Å². The van der Waals surface area contributed by atoms with Gasteiger partial charge in [0.1, 0.15) is 11.6 Å². The SMILES string of the molecule is O=C(COc1ccccc1C(=O)Nc1nc2cc(F)c(F)cc2s1)Nc1ccccc1F. The Morgan fingerprint density at radius 2 is 1.62 bits per heavy atom. The van der Waals surface area contributed by atoms with E-state index in [9.17, 15) is 22.8 Å². The lowest BCUT2D eigenvalue weighted by molar-refractivity contribution is -0.118. The van der Waals surface area contributed by atoms with Gasteiger partial charge in [-0.25, -0.2) is 18.2 Å². The van der Waals surface area contributed by atoms with Gasteiger partial charge in [0.15, 0.2) is 23.4 Å². The van der Waals surface area contributed by atoms with Crippen LogP contribution in [0.1, 0.15) is 10.4 Å². The van der Waals surface area contributed by atoms with Crippen LogP contribution in [0.2, 0.25) is 0 Å². The number of nitrogens with one attached hydrogen (secondary N) is 2. The Labute approximate surface area is 183 Å². The largest absolute Gasteiger partial charge is 0.483 e. The number of anilines is 2. The number of thiazole rings is 1. The van der Waals surface area contributed by atoms with Crippen molar-refractivity contribution in [2.75, 3.05) is 17.2 Å². The number of nitrogens with zero attached hydrogens (tertiary/aromatic N) is 1. The highest BCUT2D eigenvalue weighted by atomic mass is 32.1. The number of aromatic nitrogens is 1. The van der Waals surface area contributed by atoms with Gasteiger partial charge in [0, 0.05) is 6.07 Å². The number of fused-ring (bicyclic) bond motifs is 1. The van der Waals surface area contributed by atoms with Crippen LogP contribution >= 0.6 is 11.3 Å². The van der Waals surface area contributed by atoms with Crippen molar-refractivity contribution in [3.05, 3.63) is 83.7 Å². The minimum atomic E-state index is -1.03. The zero-order valence-corrected chi connectivity index (χ0v) is 17.0. The lowest BCUT2D eigenvalue weighted by Crippen LogP contribution is -2.22. The number of carbonyl (C=O) groups is 2. The Morgan fingerprint density at radius 3 is 2.44 bits per heavy atom. The molecule has 0 aliphatic carbocycles. The summed E-state index contributed by atoms with van der Waals surface area (Å²) in [4.78, 5) is 28.9. The van der Waals surface area contributed by atoms with Crippen LogP contribution in [0.5, 0.6) is 5.75 Å². The summed E-state index contributed by atoms with van der Waals surface area (Å²) in [5, 5.41) is 5.08. The molecule has 0 saturated heterocycles. The van der Waals surface area contributed by atoms with Crippen LogP contribution in [0.25, 0.3) is 10.2 Å². The fraction of sp³-hybridized carbons (Fsp3) is 0.0455. The lowest BCUT2D eigenvalue weighted by atomic mass is 10.2. The molecule has 2 N–H and O–H groups in total. The summed E-state index contributed by atoms with van der Waals surface area (Å²) in [5.74, 6) is -3.71. The molecule has 0 atom stereocenters. The summed E-state index contributed by atoms with van der Waals surface area (Å²) >= 11 is 0.980. The molecule has 0 radical (unpaired) electrons. The van der Waals surface area contributed by atoms with Crippen molar-refractivity contribution in [1.82, 2.24) is 4.98 Å². The molecule has 32 heavy (non-hydrogen) atoms. The standard InChI is InChI=1S/C22H14F3N3O3S/c23-13-6-2-3-7-16(13)26-20(29)11-31-18-8-4-1-5-12(18)21(30)28-22-27-17-9-14(24)15(25)10-19(17)32-22/h1-10H,11H2,(H,26,29)(H,27,28,30). The Balaban J connectivity index is 1.45. The molecule has 0 aliphatic heterocycles. The van der Waals surface area contributed by atoms with Gasteiger partial charge in [-0.1, -0.05) is 35.6 Å². The highest BCUT2D eigenvalue weighted by molar-refractivity contribution is 7.22. The summed E-state index contributed by atoms with van der Waals surface area (Å²) in [5.41, 5.74) is 0.331. The molecule has 0 aliphatic rings. The molecular weight excluding hydrogens is 443 g/mol. The third-order valence-corrected chi connectivity index (χ3v) is 5.22. The van der Waals surface area contributed by atoms with Gasteiger partial charge in [0.2, 0.25) is 0 Å². The van der Waals surface area contributed by atoms with Crippen molar-refractivity contribution in [2.24, 2.45) is 0 Å². The second-order valence-corrected chi connectivity index (χ2v) is 7.55. The highest BCUT2D eigenvalue weighted by Crippen LogP contribution is 2.29. The smallest absolute Gasteiger partial charge is 0.262 e. The fourth-order valence-corrected chi connectivity index (χ4v) is 3.68. The average molecular weight is 457 g/mol. The number of amides is 2. The van der Waals surface area contributed by atoms with Crippen LogP contribution in [0.3, 0.4) is 0 Å². The van der Waals surface area contributed by atoms with E-state index in [1.165, 1.54) is 30.3 Å². The first kappa shape index (κ1) is 21.3. The Hall–Kier alpha value is -3.92. The summed E-state index contributed by atoms with van der Waals surface area (Å²) in [6.45, 7) is -0.460. The number of carbonyl (C=O) groups excluding carboxylic acids is 2. The van der Waals surface area contributed by atoms with Crippen molar-refractivity contribution in [3.8, 4) is 5.75 Å². The number of rotatable bonds is 6. The number of para-hydroxylation sites is 2. The van der Waals surface area contributed by atoms with Gasteiger partial charge in [0.25, 0.3) is 11.8 Å². The van der Waals surface area contributed by atoms with E-state index in [4.69, 9.17) is 4.74 Å². The summed E-state index contributed by atoms with van der Waals surface area (Å²) < 4.78 is 46.2. The molecule has 1 aromatic heterocycles. The maximum absolute atomic E-state index is 13.7. The maximum Gasteiger partial charge on any atom is 0.262 e. The third kappa shape index (κ3) is 4.70. The van der Waals surface area contributed by atoms with Crippen molar-refractivity contribution in [1.29, 1.82) is 0 Å². The predicted molar refractivity (Wildman–Crippen MR) is 114 cm³/mol. The van der Waals surface area contributed by atoms with Gasteiger partial charge < -0.3 is 10.1 Å². The molecule has 6 nitrogen and oxygen atoms in total. The molecule has 0 unspecified atom stereocenters. The molecule has 162 valence electrons. The third-order valence-electron chi connectivity index (χ3n) is 4.29. The van der Waals surface area contributed by atoms with Crippen LogP contribution < -0.4 is 15.4 Å². The van der Waals surface area contributed by atoms with Crippen molar-refractivity contribution in [3.63, 3.8) is 0 Å². The topological polar surface area (TPSA) is 80.3 Å². The summed E-state index contributed by atoms with van der Waals surface area (Å²) in [6, 6.07) is 13.8. The predicted octanol–water partition coefficient (Wildman–Crippen LogP) is 4.98. The molecule has 4 rings (SSSR count). The van der Waals surface area contributed by atoms with E-state index in [0.717, 1.165) is 23.5 Å². The van der Waals surface area contributed by atoms with E-state index >= 15 is 0 Å². The van der Waals surface area contributed by atoms with E-state index in [-0.39, 0.29) is 27.6 Å². The Morgan fingerprint density at radius 1 is 0.906 bits per heavy atom. The van der Waals surface area contributed by atoms with Gasteiger partial charge in [0.05, 0.1) is 21.5 Å². The minimum Gasteiger partial charge on any atom is -0.483 e. The highest BCUT2D eigenvalue weighted by Gasteiger charge is 2.17. The van der Waals surface area contributed by atoms with Gasteiger partial charge in [-0.2, -0.15) is 0 Å². The lowest BCUT2D eigenvalue weighted by Gasteiger charge is -2.11. The number of ether oxygens (including phenoxy) is 1. The Bertz CT molecular complexity index is 1290. The zero-order valence-electron chi connectivity index (χ0n) is 16.2. The van der Waals surface area contributed by atoms with Crippen LogP contribution in [0.15, 0.2) is 60.7 Å². The zero-order chi connectivity index (χ0) is 22.7. The van der Waals surface area contributed by atoms with Gasteiger partial charge in [-0.15, -0.1) is 0 Å². The molecule has 0 spiro atoms. The van der Waals surface area contributed by atoms with Crippen molar-refractivity contribution >= 4 is 44.2 Å². The van der Waals surface area contributed by atoms with E-state index in [1.54, 1.807) is 18.2 Å². The summed E-state index contributed by atoms with van der Waals surface area (Å²) in [6.07, 6.45) is 0.